The number of phenols is 2. The third-order valence-corrected chi connectivity index (χ3v) is 7.41. The number of ether oxygens (including phenoxy) is 2. The predicted molar refractivity (Wildman–Crippen MR) is 163 cm³/mol. The molecule has 4 aromatic rings. The monoisotopic (exact) mass is 577 g/mol. The molecule has 5 N–H and O–H groups in total. The highest BCUT2D eigenvalue weighted by molar-refractivity contribution is 6.31. The average molecular weight is 578 g/mol. The van der Waals surface area contributed by atoms with Crippen LogP contribution in [0, 0.1) is 0 Å². The zero-order valence-electron chi connectivity index (χ0n) is 22.9. The fourth-order valence-electron chi connectivity index (χ4n) is 4.88. The lowest BCUT2D eigenvalue weighted by Crippen LogP contribution is -2.35. The number of fused-ring (bicyclic) bond motifs is 1. The number of nitrogen functional groups attached to an aromatic ring is 1. The fourth-order valence-corrected chi connectivity index (χ4v) is 5.04. The number of morpholine rings is 2. The molecule has 0 radical (unpaired) electrons. The molecule has 41 heavy (non-hydrogen) atoms. The Bertz CT molecular complexity index is 1460. The predicted octanol–water partition coefficient (Wildman–Crippen LogP) is 4.98. The topological polar surface area (TPSA) is 116 Å². The molecule has 10 heteroatoms. The maximum atomic E-state index is 10.4. The number of pyridine rings is 1. The maximum Gasteiger partial charge on any atom is 0.122 e. The normalized spacial score (nSPS) is 16.2. The number of aromatic nitrogens is 1. The third kappa shape index (κ3) is 8.00. The second-order valence-electron chi connectivity index (χ2n) is 10.2. The molecule has 0 unspecified atom stereocenters. The zero-order valence-corrected chi connectivity index (χ0v) is 23.7. The van der Waals surface area contributed by atoms with Crippen LogP contribution in [0.25, 0.3) is 10.9 Å². The summed E-state index contributed by atoms with van der Waals surface area (Å²) in [6.45, 7) is 8.16. The van der Waals surface area contributed by atoms with Crippen LogP contribution in [-0.4, -0.2) is 77.6 Å². The van der Waals surface area contributed by atoms with Crippen LogP contribution in [0.15, 0.2) is 66.9 Å². The second kappa shape index (κ2) is 13.8. The van der Waals surface area contributed by atoms with Gasteiger partial charge in [-0.15, -0.1) is 0 Å². The lowest BCUT2D eigenvalue weighted by atomic mass is 10.1. The van der Waals surface area contributed by atoms with Gasteiger partial charge in [0.2, 0.25) is 0 Å². The van der Waals surface area contributed by atoms with Crippen molar-refractivity contribution in [3.63, 3.8) is 0 Å². The first-order valence-electron chi connectivity index (χ1n) is 13.8. The number of nitrogens with two attached hydrogens (primary N) is 1. The van der Waals surface area contributed by atoms with Gasteiger partial charge in [0, 0.05) is 96.2 Å². The van der Waals surface area contributed by atoms with Crippen molar-refractivity contribution >= 4 is 39.6 Å². The molecule has 3 aromatic carbocycles. The van der Waals surface area contributed by atoms with E-state index in [1.54, 1.807) is 18.3 Å². The van der Waals surface area contributed by atoms with Crippen LogP contribution < -0.4 is 11.1 Å². The molecule has 6 rings (SSSR count). The molecule has 2 fully saturated rings. The van der Waals surface area contributed by atoms with Gasteiger partial charge < -0.3 is 30.7 Å². The molecular formula is C31H36ClN5O4. The lowest BCUT2D eigenvalue weighted by Gasteiger charge is -2.26. The van der Waals surface area contributed by atoms with Gasteiger partial charge in [0.1, 0.15) is 11.5 Å². The fraction of sp³-hybridized carbons (Fsp3) is 0.323. The minimum absolute atomic E-state index is 0.279. The Labute approximate surface area is 245 Å². The molecule has 2 saturated heterocycles. The molecule has 0 saturated carbocycles. The highest BCUT2D eigenvalue weighted by Gasteiger charge is 2.14. The Hall–Kier alpha value is -3.60. The van der Waals surface area contributed by atoms with Crippen LogP contribution in [-0.2, 0) is 22.6 Å². The van der Waals surface area contributed by atoms with E-state index in [2.05, 4.69) is 20.1 Å². The number of benzene rings is 3. The molecule has 0 aliphatic carbocycles. The molecule has 2 aliphatic heterocycles. The summed E-state index contributed by atoms with van der Waals surface area (Å²) in [6, 6.07) is 18.5. The smallest absolute Gasteiger partial charge is 0.122 e. The van der Waals surface area contributed by atoms with Crippen molar-refractivity contribution < 1.29 is 19.7 Å². The summed E-state index contributed by atoms with van der Waals surface area (Å²) < 4.78 is 10.6. The van der Waals surface area contributed by atoms with Crippen molar-refractivity contribution in [1.29, 1.82) is 0 Å². The van der Waals surface area contributed by atoms with Gasteiger partial charge in [0.15, 0.2) is 0 Å². The molecule has 0 amide bonds. The minimum Gasteiger partial charge on any atom is -0.508 e. The van der Waals surface area contributed by atoms with Crippen molar-refractivity contribution in [2.24, 2.45) is 0 Å². The molecule has 0 atom stereocenters. The van der Waals surface area contributed by atoms with E-state index in [1.165, 1.54) is 0 Å². The van der Waals surface area contributed by atoms with Crippen molar-refractivity contribution in [2.75, 3.05) is 63.7 Å². The summed E-state index contributed by atoms with van der Waals surface area (Å²) in [5, 5.41) is 25.1. The summed E-state index contributed by atoms with van der Waals surface area (Å²) in [6.07, 6.45) is 1.74. The van der Waals surface area contributed by atoms with Crippen molar-refractivity contribution in [2.45, 2.75) is 13.1 Å². The molecule has 9 nitrogen and oxygen atoms in total. The van der Waals surface area contributed by atoms with E-state index >= 15 is 0 Å². The van der Waals surface area contributed by atoms with Crippen LogP contribution in [0.2, 0.25) is 5.02 Å². The molecule has 0 bridgehead atoms. The van der Waals surface area contributed by atoms with Crippen LogP contribution in [0.4, 0.5) is 17.1 Å². The van der Waals surface area contributed by atoms with E-state index in [0.29, 0.717) is 16.5 Å². The van der Waals surface area contributed by atoms with Crippen molar-refractivity contribution in [3.05, 3.63) is 83.0 Å². The Morgan fingerprint density at radius 2 is 1.39 bits per heavy atom. The molecule has 3 heterocycles. The van der Waals surface area contributed by atoms with Gasteiger partial charge >= 0.3 is 0 Å². The third-order valence-electron chi connectivity index (χ3n) is 7.17. The molecular weight excluding hydrogens is 542 g/mol. The number of nitrogens with zero attached hydrogens (tertiary/aromatic N) is 3. The van der Waals surface area contributed by atoms with Gasteiger partial charge in [-0.1, -0.05) is 23.7 Å². The first-order chi connectivity index (χ1) is 19.9. The minimum atomic E-state index is 0.279. The molecule has 2 aliphatic rings. The van der Waals surface area contributed by atoms with Gasteiger partial charge in [0.05, 0.1) is 31.9 Å². The van der Waals surface area contributed by atoms with E-state index in [4.69, 9.17) is 26.8 Å². The summed E-state index contributed by atoms with van der Waals surface area (Å²) in [4.78, 5) is 8.89. The first-order valence-corrected chi connectivity index (χ1v) is 14.1. The Balaban J connectivity index is 0.000000191. The summed E-state index contributed by atoms with van der Waals surface area (Å²) in [5.74, 6) is 0.574. The number of phenolic OH excluding ortho intramolecular Hbond substituents is 2. The molecule has 0 spiro atoms. The van der Waals surface area contributed by atoms with Crippen LogP contribution >= 0.6 is 11.6 Å². The Morgan fingerprint density at radius 1 is 0.780 bits per heavy atom. The second-order valence-corrected chi connectivity index (χ2v) is 10.6. The number of hydrogen-bond donors (Lipinski definition) is 4. The number of hydrogen-bond acceptors (Lipinski definition) is 9. The standard InChI is InChI=1S/C20H20ClN3O2.C11H16N2O2/c21-15-2-4-17-18(5-6-22-19(17)11-15)23-16-3-1-14(20(25)12-16)13-24-7-9-26-10-8-24;12-10-2-1-9(11(14)7-10)8-13-3-5-15-6-4-13/h1-6,11-12,25H,7-10,13H2,(H,22,23);1-2,7,14H,3-6,8,12H2. The average Bonchev–Trinajstić information content (AvgIpc) is 2.97. The zero-order chi connectivity index (χ0) is 28.6. The highest BCUT2D eigenvalue weighted by atomic mass is 35.5. The van der Waals surface area contributed by atoms with E-state index in [-0.39, 0.29) is 5.75 Å². The largest absolute Gasteiger partial charge is 0.508 e. The first kappa shape index (κ1) is 28.9. The van der Waals surface area contributed by atoms with Crippen LogP contribution in [0.3, 0.4) is 0 Å². The number of nitrogens with one attached hydrogen (secondary N) is 1. The van der Waals surface area contributed by atoms with E-state index in [1.807, 2.05) is 48.5 Å². The van der Waals surface area contributed by atoms with Gasteiger partial charge in [0.25, 0.3) is 0 Å². The van der Waals surface area contributed by atoms with E-state index in [0.717, 1.165) is 99.1 Å². The Morgan fingerprint density at radius 3 is 2.00 bits per heavy atom. The quantitative estimate of drug-likeness (QED) is 0.235. The highest BCUT2D eigenvalue weighted by Crippen LogP contribution is 2.30. The summed E-state index contributed by atoms with van der Waals surface area (Å²) in [5.41, 5.74) is 10.6. The number of rotatable bonds is 6. The van der Waals surface area contributed by atoms with E-state index < -0.39 is 0 Å². The number of halogens is 1. The van der Waals surface area contributed by atoms with Crippen molar-refractivity contribution in [3.8, 4) is 11.5 Å². The SMILES string of the molecule is Nc1ccc(CN2CCOCC2)c(O)c1.Oc1cc(Nc2ccnc3cc(Cl)ccc23)ccc1CN1CCOCC1. The number of anilines is 3. The van der Waals surface area contributed by atoms with Crippen LogP contribution in [0.5, 0.6) is 11.5 Å². The Kier molecular flexibility index (Phi) is 9.76. The van der Waals surface area contributed by atoms with Gasteiger partial charge in [-0.25, -0.2) is 0 Å². The number of aromatic hydroxyl groups is 2. The molecule has 216 valence electrons. The summed E-state index contributed by atoms with van der Waals surface area (Å²) in [7, 11) is 0. The summed E-state index contributed by atoms with van der Waals surface area (Å²) >= 11 is 6.04. The van der Waals surface area contributed by atoms with Crippen LogP contribution in [0.1, 0.15) is 11.1 Å². The van der Waals surface area contributed by atoms with Gasteiger partial charge in [-0.05, 0) is 36.4 Å². The lowest BCUT2D eigenvalue weighted by molar-refractivity contribution is 0.0338. The van der Waals surface area contributed by atoms with E-state index in [9.17, 15) is 10.2 Å². The molecule has 1 aromatic heterocycles. The maximum absolute atomic E-state index is 10.4. The van der Waals surface area contributed by atoms with Gasteiger partial charge in [-0.3, -0.25) is 14.8 Å². The van der Waals surface area contributed by atoms with Crippen molar-refractivity contribution in [1.82, 2.24) is 14.8 Å². The van der Waals surface area contributed by atoms with Gasteiger partial charge in [-0.2, -0.15) is 0 Å².